The number of halogens is 3. The summed E-state index contributed by atoms with van der Waals surface area (Å²) >= 11 is 11.2. The molecule has 8 aromatic carbocycles. The lowest BCUT2D eigenvalue weighted by atomic mass is 9.97. The van der Waals surface area contributed by atoms with E-state index < -0.39 is 17.9 Å². The standard InChI is InChI=1S/C27H22N4O3.C24H20N2O3.C21H14N2O2.C17H16O3.C11H13ClN2O3.C6H10N2O2.C5H5ClN2.4CH4.BrH/c32-26-22-14-21(18-4-2-1-3-5-18)25(29-23(22)10-12-28-26)19-8-6-17(7-9-19)15-31-13-11-20-24(16-31)34-30-27(20)33;1-27-23-20-15-19(16-5-3-2-4-6-16)22(26-21(20)11-12-25-23)17-7-9-18(10-8-17)24-28-13-14-29-24;24-13-14-6-8-16(9-7-14)20-17(15-4-2-1-3-5-15)12-18-19(23-20)10-11-22-21(18)25;18-16(12-13-4-2-1-3-5-13)14-6-8-15(9-7-14)17-19-10-11-20-17;1-11(2,3)17-10(16)14-8-4-5-13-9(12)7(8)6-15;9-6-4-1-2-7-3-5(4)10-8-6;6-5-3-4(7)1-2-8-5;;;;;/h1-10,12,14H,11,13,15-16H2,(H,28,32)(H,30,33);2-12,15,24H,13-14H2,1H3;1-13H,(H,22,25);1-9,17H,10-12H2;4-6H,1-3H3,(H,13,14,16);6-9H,1-3H2;1-3H,(H2,7,8);4*1H4;1H. The molecule has 2 fully saturated rings. The largest absolute Gasteiger partial charge is 0.481 e. The van der Waals surface area contributed by atoms with Crippen LogP contribution in [0.25, 0.3) is 99.9 Å². The summed E-state index contributed by atoms with van der Waals surface area (Å²) in [4.78, 5) is 121. The molecule has 0 bridgehead atoms. The highest BCUT2D eigenvalue weighted by atomic mass is 79.9. The van der Waals surface area contributed by atoms with Gasteiger partial charge in [0, 0.05) is 117 Å². The van der Waals surface area contributed by atoms with Crippen molar-refractivity contribution in [3.05, 3.63) is 407 Å². The van der Waals surface area contributed by atoms with Crippen LogP contribution in [0.3, 0.4) is 0 Å². The lowest BCUT2D eigenvalue weighted by molar-refractivity contribution is -0.0443. The maximum Gasteiger partial charge on any atom is 0.412 e. The van der Waals surface area contributed by atoms with E-state index in [1.54, 1.807) is 83.0 Å². The number of nitrogens with two attached hydrogens (primary N) is 1. The van der Waals surface area contributed by atoms with E-state index in [9.17, 15) is 38.7 Å². The molecule has 148 heavy (non-hydrogen) atoms. The van der Waals surface area contributed by atoms with Crippen molar-refractivity contribution in [1.82, 2.24) is 60.7 Å². The van der Waals surface area contributed by atoms with Gasteiger partial charge in [0.15, 0.2) is 36.6 Å². The van der Waals surface area contributed by atoms with E-state index in [-0.39, 0.29) is 98.1 Å². The SMILES string of the molecule is Br.C.C.C.C.CC(C)(C)OC(=O)Nc1ccnc(Cl)c1C=O.COc1nccc2nc(-c3ccc(C4OCCO4)cc3)c(-c3ccccc3)cc12.Nc1ccnc(Cl)c1.O=C(Cc1ccccc1)c1ccc(C2OCCO2)cc1.O=Cc1ccc(-c2nc3cc[nH]c(=O)c3cc2-c2ccccc2)cc1.O=c1[nH]oc2c1CCN(Cc1ccc(-c3nc4cc[nH]c(=O)c4cc3-c3ccccc3)cc1)C2.OC1NOC2=C1CCNC2. The van der Waals surface area contributed by atoms with Gasteiger partial charge in [0.05, 0.1) is 113 Å². The van der Waals surface area contributed by atoms with Gasteiger partial charge in [-0.1, -0.05) is 271 Å². The van der Waals surface area contributed by atoms with E-state index >= 15 is 0 Å². The van der Waals surface area contributed by atoms with Crippen LogP contribution in [0.15, 0.2) is 334 Å². The van der Waals surface area contributed by atoms with Crippen LogP contribution in [-0.4, -0.2) is 144 Å². The molecule has 0 spiro atoms. The number of hydrogen-bond acceptors (Lipinski definition) is 26. The molecule has 0 radical (unpaired) electrons. The molecule has 17 aromatic rings. The lowest BCUT2D eigenvalue weighted by Crippen LogP contribution is -2.31. The Kier molecular flexibility index (Phi) is 41.2. The van der Waals surface area contributed by atoms with Gasteiger partial charge in [0.1, 0.15) is 28.0 Å². The molecule has 33 heteroatoms. The van der Waals surface area contributed by atoms with Crippen molar-refractivity contribution < 1.29 is 62.1 Å². The zero-order valence-electron chi connectivity index (χ0n) is 78.7. The third-order valence-electron chi connectivity index (χ3n) is 23.2. The molecule has 1 unspecified atom stereocenters. The number of aldehydes is 2. The third-order valence-corrected chi connectivity index (χ3v) is 23.7. The van der Waals surface area contributed by atoms with E-state index in [0.717, 1.165) is 162 Å². The number of amides is 1. The normalized spacial score (nSPS) is 13.8. The number of ether oxygens (including phenoxy) is 6. The number of nitrogens with one attached hydrogen (secondary N) is 6. The predicted octanol–water partition coefficient (Wildman–Crippen LogP) is 22.8. The van der Waals surface area contributed by atoms with Crippen LogP contribution in [0.2, 0.25) is 10.3 Å². The minimum Gasteiger partial charge on any atom is -0.481 e. The van der Waals surface area contributed by atoms with E-state index in [4.69, 9.17) is 81.7 Å². The Labute approximate surface area is 877 Å². The van der Waals surface area contributed by atoms with E-state index in [0.29, 0.717) is 96.2 Å². The van der Waals surface area contributed by atoms with Gasteiger partial charge in [-0.3, -0.25) is 39.0 Å². The number of benzene rings is 8. The second kappa shape index (κ2) is 54.1. The quantitative estimate of drug-likeness (QED) is 0.0238. The highest BCUT2D eigenvalue weighted by molar-refractivity contribution is 8.93. The number of ketones is 1. The number of aromatic amines is 3. The average molecular weight is 2100 g/mol. The van der Waals surface area contributed by atoms with Gasteiger partial charge in [-0.15, -0.1) is 22.5 Å². The molecule has 0 saturated carbocycles. The molecule has 9 aromatic heterocycles. The number of aromatic nitrogens is 9. The number of aliphatic hydroxyl groups excluding tert-OH is 1. The molecule has 30 nitrogen and oxygen atoms in total. The Morgan fingerprint density at radius 1 is 0.547 bits per heavy atom. The summed E-state index contributed by atoms with van der Waals surface area (Å²) in [6, 6.07) is 87.4. The fourth-order valence-corrected chi connectivity index (χ4v) is 16.6. The first-order valence-corrected chi connectivity index (χ1v) is 46.7. The zero-order valence-corrected chi connectivity index (χ0v) is 81.9. The highest BCUT2D eigenvalue weighted by Crippen LogP contribution is 2.40. The number of carbonyl (C=O) groups is 4. The van der Waals surface area contributed by atoms with E-state index in [1.807, 2.05) is 182 Å². The smallest absolute Gasteiger partial charge is 0.412 e. The van der Waals surface area contributed by atoms with Crippen LogP contribution < -0.4 is 43.3 Å². The van der Waals surface area contributed by atoms with Crippen LogP contribution in [0, 0.1) is 0 Å². The molecule has 0 aliphatic carbocycles. The second-order valence-corrected chi connectivity index (χ2v) is 34.9. The molecule has 22 rings (SSSR count). The van der Waals surface area contributed by atoms with Crippen molar-refractivity contribution in [2.24, 2.45) is 0 Å². The number of Topliss-reactive ketones (excluding diaryl/α,β-unsaturated/α-hetero) is 1. The molecule has 1 atom stereocenters. The topological polar surface area (TPSA) is 408 Å². The first-order valence-electron chi connectivity index (χ1n) is 45.9. The number of hydrogen-bond donors (Lipinski definition) is 8. The van der Waals surface area contributed by atoms with E-state index in [2.05, 4.69) is 106 Å². The molecule has 2 saturated heterocycles. The maximum atomic E-state index is 12.4. The maximum absolute atomic E-state index is 12.4. The first kappa shape index (κ1) is 113. The van der Waals surface area contributed by atoms with Crippen molar-refractivity contribution >= 4 is 109 Å². The Balaban J connectivity index is 0.000000169. The number of rotatable bonds is 17. The summed E-state index contributed by atoms with van der Waals surface area (Å²) in [6.45, 7) is 11.6. The van der Waals surface area contributed by atoms with Crippen LogP contribution >= 0.6 is 40.2 Å². The van der Waals surface area contributed by atoms with Crippen molar-refractivity contribution in [2.75, 3.05) is 64.2 Å². The minimum atomic E-state index is -0.650. The van der Waals surface area contributed by atoms with Gasteiger partial charge >= 0.3 is 6.09 Å². The summed E-state index contributed by atoms with van der Waals surface area (Å²) < 4.78 is 37.9. The minimum absolute atomic E-state index is 0. The third kappa shape index (κ3) is 29.3. The zero-order chi connectivity index (χ0) is 99.7. The lowest BCUT2D eigenvalue weighted by Gasteiger charge is -2.25. The molecule has 764 valence electrons. The highest BCUT2D eigenvalue weighted by Gasteiger charge is 2.29. The second-order valence-electron chi connectivity index (χ2n) is 34.1. The Bertz CT molecular complexity index is 7510. The van der Waals surface area contributed by atoms with E-state index in [1.165, 1.54) is 17.8 Å². The molecule has 14 heterocycles. The Morgan fingerprint density at radius 2 is 1.03 bits per heavy atom. The monoisotopic (exact) mass is 2100 g/mol. The van der Waals surface area contributed by atoms with Gasteiger partial charge in [-0.25, -0.2) is 34.7 Å². The summed E-state index contributed by atoms with van der Waals surface area (Å²) in [5.74, 6) is 2.29. The average Bonchev–Trinajstić information content (AvgIpc) is 1.21. The summed E-state index contributed by atoms with van der Waals surface area (Å²) in [5.41, 5.74) is 28.6. The van der Waals surface area contributed by atoms with Gasteiger partial charge in [-0.2, -0.15) is 5.16 Å². The number of nitrogens with zero attached hydrogens (tertiary/aromatic N) is 7. The molecular weight excluding hydrogens is 1980 g/mol. The number of methoxy groups -OCH3 is 1. The molecular formula is C115H117BrCl2N14O16. The number of hydroxylamine groups is 1. The van der Waals surface area contributed by atoms with Gasteiger partial charge in [0.25, 0.3) is 16.7 Å². The van der Waals surface area contributed by atoms with Crippen molar-refractivity contribution in [3.63, 3.8) is 0 Å². The summed E-state index contributed by atoms with van der Waals surface area (Å²) in [7, 11) is 1.63. The Morgan fingerprint density at radius 3 is 1.52 bits per heavy atom. The number of anilines is 2. The number of pyridine rings is 8. The molecule has 5 aliphatic rings. The number of fused-ring (bicyclic) bond motifs is 4. The number of H-pyrrole nitrogens is 3. The van der Waals surface area contributed by atoms with Crippen molar-refractivity contribution in [2.45, 2.75) is 107 Å². The Hall–Kier alpha value is -15.5. The fourth-order valence-electron chi connectivity index (χ4n) is 16.2. The van der Waals surface area contributed by atoms with Crippen LogP contribution in [0.5, 0.6) is 5.88 Å². The first-order chi connectivity index (χ1) is 69.6. The van der Waals surface area contributed by atoms with Gasteiger partial charge in [0.2, 0.25) is 5.88 Å². The summed E-state index contributed by atoms with van der Waals surface area (Å²) in [5, 5.41) is 19.7. The van der Waals surface area contributed by atoms with Gasteiger partial charge < -0.3 is 63.9 Å². The van der Waals surface area contributed by atoms with Crippen molar-refractivity contribution in [3.8, 4) is 73.0 Å². The summed E-state index contributed by atoms with van der Waals surface area (Å²) in [6.07, 6.45) is 9.46. The molecule has 9 N–H and O–H groups in total. The predicted molar refractivity (Wildman–Crippen MR) is 586 cm³/mol. The fraction of sp³-hybridized carbons (Fsp3) is 0.209. The number of nitrogen functional groups attached to an aromatic ring is 1. The van der Waals surface area contributed by atoms with Crippen LogP contribution in [0.4, 0.5) is 16.2 Å². The van der Waals surface area contributed by atoms with Crippen LogP contribution in [0.1, 0.15) is 134 Å². The molecule has 5 aliphatic heterocycles. The number of carbonyl (C=O) groups excluding carboxylic acids is 4. The van der Waals surface area contributed by atoms with Crippen LogP contribution in [-0.2, 0) is 54.5 Å². The van der Waals surface area contributed by atoms with Gasteiger partial charge in [-0.05, 0) is 123 Å². The molecule has 1 amide bonds. The van der Waals surface area contributed by atoms with Crippen molar-refractivity contribution in [1.29, 1.82) is 0 Å². The number of aliphatic hydroxyl groups is 1.